The summed E-state index contributed by atoms with van der Waals surface area (Å²) in [6, 6.07) is 0.406. The van der Waals surface area contributed by atoms with Crippen LogP contribution in [-0.2, 0) is 10.8 Å². The number of likely N-dealkylation sites (tertiary alicyclic amines) is 1. The second-order valence-corrected chi connectivity index (χ2v) is 11.0. The maximum Gasteiger partial charge on any atom is 0.191 e. The molecule has 2 aliphatic rings. The fourth-order valence-electron chi connectivity index (χ4n) is 4.88. The zero-order valence-corrected chi connectivity index (χ0v) is 19.5. The van der Waals surface area contributed by atoms with Crippen molar-refractivity contribution in [2.75, 3.05) is 38.5 Å². The van der Waals surface area contributed by atoms with Gasteiger partial charge >= 0.3 is 0 Å². The van der Waals surface area contributed by atoms with Gasteiger partial charge in [0, 0.05) is 54.0 Å². The van der Waals surface area contributed by atoms with Crippen molar-refractivity contribution in [1.29, 1.82) is 0 Å². The molecule has 2 fully saturated rings. The lowest BCUT2D eigenvalue weighted by Gasteiger charge is -2.34. The van der Waals surface area contributed by atoms with Crippen LogP contribution in [0.2, 0.25) is 0 Å². The van der Waals surface area contributed by atoms with Crippen LogP contribution in [0.15, 0.2) is 4.99 Å². The van der Waals surface area contributed by atoms with E-state index in [2.05, 4.69) is 36.3 Å². The SMILES string of the molecule is CCNC(=NCCCCN1CC(C)CC(C)C1)NC1CCCC(S(=O)CC)C1. The van der Waals surface area contributed by atoms with Crippen molar-refractivity contribution < 1.29 is 4.21 Å². The molecule has 5 atom stereocenters. The smallest absolute Gasteiger partial charge is 0.191 e. The lowest BCUT2D eigenvalue weighted by molar-refractivity contribution is 0.139. The van der Waals surface area contributed by atoms with Gasteiger partial charge in [0.05, 0.1) is 0 Å². The Morgan fingerprint density at radius 3 is 2.54 bits per heavy atom. The molecule has 0 spiro atoms. The Bertz CT molecular complexity index is 489. The number of hydrogen-bond acceptors (Lipinski definition) is 3. The highest BCUT2D eigenvalue weighted by atomic mass is 32.2. The lowest BCUT2D eigenvalue weighted by Crippen LogP contribution is -2.46. The fourth-order valence-corrected chi connectivity index (χ4v) is 6.22. The highest BCUT2D eigenvalue weighted by molar-refractivity contribution is 7.85. The average Bonchev–Trinajstić information content (AvgIpc) is 2.66. The van der Waals surface area contributed by atoms with E-state index in [0.717, 1.165) is 62.3 Å². The highest BCUT2D eigenvalue weighted by Crippen LogP contribution is 2.23. The first-order valence-electron chi connectivity index (χ1n) is 11.7. The minimum Gasteiger partial charge on any atom is -0.357 e. The fraction of sp³-hybridized carbons (Fsp3) is 0.955. The van der Waals surface area contributed by atoms with E-state index >= 15 is 0 Å². The van der Waals surface area contributed by atoms with E-state index in [4.69, 9.17) is 4.99 Å². The molecule has 0 amide bonds. The molecule has 0 bridgehead atoms. The van der Waals surface area contributed by atoms with Crippen LogP contribution in [0.25, 0.3) is 0 Å². The van der Waals surface area contributed by atoms with Gasteiger partial charge < -0.3 is 15.5 Å². The van der Waals surface area contributed by atoms with E-state index in [1.165, 1.54) is 38.9 Å². The topological polar surface area (TPSA) is 56.7 Å². The van der Waals surface area contributed by atoms with Crippen LogP contribution in [0.1, 0.15) is 72.6 Å². The van der Waals surface area contributed by atoms with Gasteiger partial charge in [-0.3, -0.25) is 9.20 Å². The van der Waals surface area contributed by atoms with E-state index in [1.54, 1.807) is 0 Å². The van der Waals surface area contributed by atoms with Gasteiger partial charge in [0.25, 0.3) is 0 Å². The van der Waals surface area contributed by atoms with Crippen LogP contribution >= 0.6 is 0 Å². The van der Waals surface area contributed by atoms with Crippen molar-refractivity contribution in [3.8, 4) is 0 Å². The molecule has 1 heterocycles. The van der Waals surface area contributed by atoms with Gasteiger partial charge in [0.2, 0.25) is 0 Å². The van der Waals surface area contributed by atoms with Gasteiger partial charge in [-0.15, -0.1) is 0 Å². The van der Waals surface area contributed by atoms with Crippen LogP contribution in [0.3, 0.4) is 0 Å². The van der Waals surface area contributed by atoms with Gasteiger partial charge in [-0.2, -0.15) is 0 Å². The summed E-state index contributed by atoms with van der Waals surface area (Å²) in [5.41, 5.74) is 0. The van der Waals surface area contributed by atoms with Crippen LogP contribution < -0.4 is 10.6 Å². The lowest BCUT2D eigenvalue weighted by atomic mass is 9.92. The molecule has 5 unspecified atom stereocenters. The second kappa shape index (κ2) is 12.8. The summed E-state index contributed by atoms with van der Waals surface area (Å²) < 4.78 is 12.2. The molecule has 164 valence electrons. The molecule has 1 aliphatic carbocycles. The maximum atomic E-state index is 12.2. The Morgan fingerprint density at radius 2 is 1.86 bits per heavy atom. The Kier molecular flexibility index (Phi) is 10.8. The molecule has 0 aromatic carbocycles. The van der Waals surface area contributed by atoms with Crippen LogP contribution in [-0.4, -0.2) is 64.8 Å². The molecule has 6 heteroatoms. The summed E-state index contributed by atoms with van der Waals surface area (Å²) in [6.07, 6.45) is 8.20. The largest absolute Gasteiger partial charge is 0.357 e. The molecular formula is C22H44N4OS. The summed E-state index contributed by atoms with van der Waals surface area (Å²) in [6.45, 7) is 14.4. The summed E-state index contributed by atoms with van der Waals surface area (Å²) in [5, 5.41) is 7.36. The van der Waals surface area contributed by atoms with Gasteiger partial charge in [-0.25, -0.2) is 0 Å². The minimum atomic E-state index is -0.674. The van der Waals surface area contributed by atoms with Crippen molar-refractivity contribution in [2.45, 2.75) is 83.9 Å². The van der Waals surface area contributed by atoms with Crippen LogP contribution in [0, 0.1) is 11.8 Å². The van der Waals surface area contributed by atoms with E-state index in [9.17, 15) is 4.21 Å². The molecule has 2 N–H and O–H groups in total. The van der Waals surface area contributed by atoms with E-state index < -0.39 is 10.8 Å². The molecule has 0 aromatic heterocycles. The Morgan fingerprint density at radius 1 is 1.11 bits per heavy atom. The normalized spacial score (nSPS) is 30.8. The third-order valence-electron chi connectivity index (χ3n) is 6.06. The molecule has 5 nitrogen and oxygen atoms in total. The van der Waals surface area contributed by atoms with Gasteiger partial charge in [-0.1, -0.05) is 27.2 Å². The predicted octanol–water partition coefficient (Wildman–Crippen LogP) is 3.38. The molecular weight excluding hydrogens is 368 g/mol. The van der Waals surface area contributed by atoms with E-state index in [-0.39, 0.29) is 0 Å². The molecule has 1 saturated heterocycles. The van der Waals surface area contributed by atoms with Crippen LogP contribution in [0.5, 0.6) is 0 Å². The highest BCUT2D eigenvalue weighted by Gasteiger charge is 2.26. The molecule has 1 saturated carbocycles. The molecule has 0 aromatic rings. The Balaban J connectivity index is 1.72. The van der Waals surface area contributed by atoms with E-state index in [1.807, 2.05) is 6.92 Å². The van der Waals surface area contributed by atoms with Gasteiger partial charge in [-0.05, 0) is 63.8 Å². The van der Waals surface area contributed by atoms with Crippen molar-refractivity contribution in [3.63, 3.8) is 0 Å². The first kappa shape index (κ1) is 23.7. The van der Waals surface area contributed by atoms with Gasteiger partial charge in [0.15, 0.2) is 5.96 Å². The number of unbranched alkanes of at least 4 members (excludes halogenated alkanes) is 1. The molecule has 0 radical (unpaired) electrons. The first-order valence-corrected chi connectivity index (χ1v) is 13.0. The number of hydrogen-bond donors (Lipinski definition) is 2. The number of guanidine groups is 1. The maximum absolute atomic E-state index is 12.2. The first-order chi connectivity index (χ1) is 13.5. The molecule has 1 aliphatic heterocycles. The van der Waals surface area contributed by atoms with Crippen molar-refractivity contribution in [3.05, 3.63) is 0 Å². The monoisotopic (exact) mass is 412 g/mol. The van der Waals surface area contributed by atoms with Gasteiger partial charge in [0.1, 0.15) is 0 Å². The molecule has 28 heavy (non-hydrogen) atoms. The Hall–Kier alpha value is -0.620. The third-order valence-corrected chi connectivity index (χ3v) is 7.81. The Labute approximate surface area is 176 Å². The van der Waals surface area contributed by atoms with Crippen molar-refractivity contribution in [1.82, 2.24) is 15.5 Å². The summed E-state index contributed by atoms with van der Waals surface area (Å²) in [5.74, 6) is 3.40. The van der Waals surface area contributed by atoms with Crippen molar-refractivity contribution >= 4 is 16.8 Å². The van der Waals surface area contributed by atoms with Crippen molar-refractivity contribution in [2.24, 2.45) is 16.8 Å². The third kappa shape index (κ3) is 8.40. The zero-order chi connectivity index (χ0) is 20.4. The number of nitrogens with one attached hydrogen (secondary N) is 2. The van der Waals surface area contributed by atoms with E-state index in [0.29, 0.717) is 11.3 Å². The number of aliphatic imine (C=N–C) groups is 1. The van der Waals surface area contributed by atoms with Crippen LogP contribution in [0.4, 0.5) is 0 Å². The summed E-state index contributed by atoms with van der Waals surface area (Å²) in [7, 11) is -0.674. The summed E-state index contributed by atoms with van der Waals surface area (Å²) >= 11 is 0. The standard InChI is InChI=1S/C22H44N4OS/c1-5-23-22(25-20-10-9-11-21(15-20)28(27)6-2)24-12-7-8-13-26-16-18(3)14-19(4)17-26/h18-21H,5-17H2,1-4H3,(H2,23,24,25). The number of piperidine rings is 1. The molecule has 2 rings (SSSR count). The average molecular weight is 413 g/mol. The second-order valence-electron chi connectivity index (χ2n) is 8.97. The zero-order valence-electron chi connectivity index (χ0n) is 18.7. The summed E-state index contributed by atoms with van der Waals surface area (Å²) in [4.78, 5) is 7.45. The number of rotatable bonds is 9. The quantitative estimate of drug-likeness (QED) is 0.346. The number of nitrogens with zero attached hydrogens (tertiary/aromatic N) is 2. The predicted molar refractivity (Wildman–Crippen MR) is 122 cm³/mol. The minimum absolute atomic E-state index is 0.355.